The standard InChI is InChI=1S/C17H22N2O/c1-17(2)8-5-13(6-9-17)19-16-15-11-14(20)4-3-12(15)7-10-18-16/h3-4,7,10-11,13,20H,5-6,8-9H2,1-2H3,(H,18,19). The predicted molar refractivity (Wildman–Crippen MR) is 83.1 cm³/mol. The van der Waals surface area contributed by atoms with Crippen molar-refractivity contribution in [2.75, 3.05) is 5.32 Å². The van der Waals surface area contributed by atoms with Crippen LogP contribution in [0.15, 0.2) is 30.5 Å². The number of phenols is 1. The third-order valence-corrected chi connectivity index (χ3v) is 4.43. The Labute approximate surface area is 120 Å². The molecule has 0 atom stereocenters. The van der Waals surface area contributed by atoms with Crippen molar-refractivity contribution in [3.8, 4) is 5.75 Å². The largest absolute Gasteiger partial charge is 0.508 e. The van der Waals surface area contributed by atoms with Crippen LogP contribution in [0.4, 0.5) is 5.82 Å². The molecule has 0 amide bonds. The molecule has 20 heavy (non-hydrogen) atoms. The van der Waals surface area contributed by atoms with E-state index in [1.165, 1.54) is 25.7 Å². The van der Waals surface area contributed by atoms with Crippen LogP contribution < -0.4 is 5.32 Å². The Morgan fingerprint density at radius 2 is 1.95 bits per heavy atom. The van der Waals surface area contributed by atoms with Crippen molar-refractivity contribution in [3.63, 3.8) is 0 Å². The highest BCUT2D eigenvalue weighted by molar-refractivity contribution is 5.92. The number of pyridine rings is 1. The van der Waals surface area contributed by atoms with Crippen LogP contribution in [0.5, 0.6) is 5.75 Å². The van der Waals surface area contributed by atoms with Crippen molar-refractivity contribution in [3.05, 3.63) is 30.5 Å². The first kappa shape index (κ1) is 13.2. The number of aromatic nitrogens is 1. The summed E-state index contributed by atoms with van der Waals surface area (Å²) in [5, 5.41) is 15.3. The van der Waals surface area contributed by atoms with E-state index >= 15 is 0 Å². The van der Waals surface area contributed by atoms with E-state index in [2.05, 4.69) is 24.1 Å². The molecule has 0 spiro atoms. The summed E-state index contributed by atoms with van der Waals surface area (Å²) in [6, 6.07) is 7.90. The second-order valence-corrected chi connectivity index (χ2v) is 6.65. The molecule has 2 aromatic rings. The van der Waals surface area contributed by atoms with Crippen LogP contribution in [0, 0.1) is 5.41 Å². The van der Waals surface area contributed by atoms with Crippen molar-refractivity contribution in [2.45, 2.75) is 45.6 Å². The summed E-state index contributed by atoms with van der Waals surface area (Å²) in [4.78, 5) is 4.46. The molecule has 0 aliphatic heterocycles. The van der Waals surface area contributed by atoms with E-state index in [1.54, 1.807) is 12.1 Å². The maximum Gasteiger partial charge on any atom is 0.134 e. The fourth-order valence-corrected chi connectivity index (χ4v) is 3.01. The Bertz CT molecular complexity index is 611. The molecule has 1 aromatic heterocycles. The summed E-state index contributed by atoms with van der Waals surface area (Å²) in [6.07, 6.45) is 6.70. The molecule has 1 aliphatic carbocycles. The first-order valence-electron chi connectivity index (χ1n) is 7.38. The molecule has 1 heterocycles. The van der Waals surface area contributed by atoms with Gasteiger partial charge in [-0.15, -0.1) is 0 Å². The lowest BCUT2D eigenvalue weighted by Crippen LogP contribution is -2.30. The van der Waals surface area contributed by atoms with Gasteiger partial charge in [-0.05, 0) is 54.7 Å². The second kappa shape index (κ2) is 4.97. The van der Waals surface area contributed by atoms with Gasteiger partial charge in [0.2, 0.25) is 0 Å². The summed E-state index contributed by atoms with van der Waals surface area (Å²) in [6.45, 7) is 4.69. The zero-order valence-electron chi connectivity index (χ0n) is 12.2. The predicted octanol–water partition coefficient (Wildman–Crippen LogP) is 4.32. The van der Waals surface area contributed by atoms with Gasteiger partial charge in [-0.2, -0.15) is 0 Å². The van der Waals surface area contributed by atoms with Crippen LogP contribution in [0.1, 0.15) is 39.5 Å². The molecule has 0 radical (unpaired) electrons. The molecule has 1 aromatic carbocycles. The molecule has 1 aliphatic rings. The highest BCUT2D eigenvalue weighted by Crippen LogP contribution is 2.36. The number of phenolic OH excluding ortho intramolecular Hbond substituents is 1. The fraction of sp³-hybridized carbons (Fsp3) is 0.471. The number of aromatic hydroxyl groups is 1. The molecule has 3 heteroatoms. The molecular formula is C17H22N2O. The van der Waals surface area contributed by atoms with Crippen molar-refractivity contribution in [1.82, 2.24) is 4.98 Å². The third kappa shape index (κ3) is 2.72. The minimum Gasteiger partial charge on any atom is -0.508 e. The van der Waals surface area contributed by atoms with Crippen molar-refractivity contribution < 1.29 is 5.11 Å². The summed E-state index contributed by atoms with van der Waals surface area (Å²) in [5.74, 6) is 1.18. The zero-order chi connectivity index (χ0) is 14.2. The van der Waals surface area contributed by atoms with E-state index in [1.807, 2.05) is 18.3 Å². The summed E-state index contributed by atoms with van der Waals surface area (Å²) >= 11 is 0. The summed E-state index contributed by atoms with van der Waals surface area (Å²) in [5.41, 5.74) is 0.475. The normalized spacial score (nSPS) is 19.1. The van der Waals surface area contributed by atoms with Gasteiger partial charge >= 0.3 is 0 Å². The lowest BCUT2D eigenvalue weighted by molar-refractivity contribution is 0.232. The summed E-state index contributed by atoms with van der Waals surface area (Å²) < 4.78 is 0. The van der Waals surface area contributed by atoms with Gasteiger partial charge in [0, 0.05) is 17.6 Å². The number of hydrogen-bond acceptors (Lipinski definition) is 3. The van der Waals surface area contributed by atoms with Crippen molar-refractivity contribution in [1.29, 1.82) is 0 Å². The third-order valence-electron chi connectivity index (χ3n) is 4.43. The Morgan fingerprint density at radius 1 is 1.20 bits per heavy atom. The number of fused-ring (bicyclic) bond motifs is 1. The monoisotopic (exact) mass is 270 g/mol. The maximum absolute atomic E-state index is 9.67. The quantitative estimate of drug-likeness (QED) is 0.854. The van der Waals surface area contributed by atoms with E-state index in [-0.39, 0.29) is 0 Å². The molecule has 0 bridgehead atoms. The Morgan fingerprint density at radius 3 is 2.70 bits per heavy atom. The van der Waals surface area contributed by atoms with Gasteiger partial charge in [0.1, 0.15) is 11.6 Å². The first-order chi connectivity index (χ1) is 9.53. The van der Waals surface area contributed by atoms with Crippen LogP contribution >= 0.6 is 0 Å². The number of benzene rings is 1. The molecular weight excluding hydrogens is 248 g/mol. The van der Waals surface area contributed by atoms with Crippen LogP contribution in [-0.4, -0.2) is 16.1 Å². The second-order valence-electron chi connectivity index (χ2n) is 6.65. The highest BCUT2D eigenvalue weighted by Gasteiger charge is 2.27. The Balaban J connectivity index is 1.83. The van der Waals surface area contributed by atoms with Crippen LogP contribution in [0.3, 0.4) is 0 Å². The lowest BCUT2D eigenvalue weighted by Gasteiger charge is -2.35. The van der Waals surface area contributed by atoms with Gasteiger partial charge in [0.25, 0.3) is 0 Å². The molecule has 3 nitrogen and oxygen atoms in total. The number of anilines is 1. The van der Waals surface area contributed by atoms with E-state index in [0.717, 1.165) is 16.6 Å². The van der Waals surface area contributed by atoms with E-state index in [4.69, 9.17) is 0 Å². The molecule has 1 saturated carbocycles. The average Bonchev–Trinajstić information content (AvgIpc) is 2.42. The van der Waals surface area contributed by atoms with Gasteiger partial charge in [-0.25, -0.2) is 4.98 Å². The van der Waals surface area contributed by atoms with Gasteiger partial charge in [0.05, 0.1) is 0 Å². The molecule has 3 rings (SSSR count). The number of hydrogen-bond donors (Lipinski definition) is 2. The smallest absolute Gasteiger partial charge is 0.134 e. The molecule has 106 valence electrons. The number of nitrogens with one attached hydrogen (secondary N) is 1. The fourth-order valence-electron chi connectivity index (χ4n) is 3.01. The lowest BCUT2D eigenvalue weighted by atomic mass is 9.75. The minimum absolute atomic E-state index is 0.290. The molecule has 2 N–H and O–H groups in total. The van der Waals surface area contributed by atoms with Gasteiger partial charge in [0.15, 0.2) is 0 Å². The summed E-state index contributed by atoms with van der Waals surface area (Å²) in [7, 11) is 0. The van der Waals surface area contributed by atoms with Gasteiger partial charge in [-0.3, -0.25) is 0 Å². The maximum atomic E-state index is 9.67. The van der Waals surface area contributed by atoms with Gasteiger partial charge in [-0.1, -0.05) is 19.9 Å². The number of nitrogens with zero attached hydrogens (tertiary/aromatic N) is 1. The Hall–Kier alpha value is -1.77. The van der Waals surface area contributed by atoms with E-state index < -0.39 is 0 Å². The van der Waals surface area contributed by atoms with Crippen molar-refractivity contribution >= 4 is 16.6 Å². The Kier molecular flexibility index (Phi) is 3.28. The van der Waals surface area contributed by atoms with Crippen LogP contribution in [-0.2, 0) is 0 Å². The topological polar surface area (TPSA) is 45.2 Å². The van der Waals surface area contributed by atoms with Crippen molar-refractivity contribution in [2.24, 2.45) is 5.41 Å². The van der Waals surface area contributed by atoms with E-state index in [0.29, 0.717) is 17.2 Å². The van der Waals surface area contributed by atoms with E-state index in [9.17, 15) is 5.11 Å². The average molecular weight is 270 g/mol. The van der Waals surface area contributed by atoms with Crippen LogP contribution in [0.25, 0.3) is 10.8 Å². The zero-order valence-corrected chi connectivity index (χ0v) is 12.2. The minimum atomic E-state index is 0.290. The highest BCUT2D eigenvalue weighted by atomic mass is 16.3. The van der Waals surface area contributed by atoms with Gasteiger partial charge < -0.3 is 10.4 Å². The molecule has 1 fully saturated rings. The SMILES string of the molecule is CC1(C)CCC(Nc2nccc3ccc(O)cc23)CC1. The molecule has 0 saturated heterocycles. The van der Waals surface area contributed by atoms with Crippen LogP contribution in [0.2, 0.25) is 0 Å². The first-order valence-corrected chi connectivity index (χ1v) is 7.38. The molecule has 0 unspecified atom stereocenters. The number of rotatable bonds is 2.